The van der Waals surface area contributed by atoms with Crippen LogP contribution in [0, 0.1) is 5.92 Å². The summed E-state index contributed by atoms with van der Waals surface area (Å²) in [6.45, 7) is 6.95. The van der Waals surface area contributed by atoms with Crippen molar-refractivity contribution in [3.63, 3.8) is 0 Å². The Morgan fingerprint density at radius 3 is 2.67 bits per heavy atom. The van der Waals surface area contributed by atoms with E-state index in [-0.39, 0.29) is 0 Å². The molecule has 0 radical (unpaired) electrons. The molecule has 0 heterocycles. The summed E-state index contributed by atoms with van der Waals surface area (Å²) >= 11 is 0. The maximum Gasteiger partial charge on any atom is 0.0647 e. The molecule has 1 N–H and O–H groups in total. The standard InChI is InChI=1S/C13H25NO/c1-3-4-10-15-11-9-14-13-7-5-12(2)6-8-13/h3-4,12-14H,5-11H2,1-2H3. The molecule has 2 nitrogen and oxygen atoms in total. The molecule has 0 aromatic rings. The van der Waals surface area contributed by atoms with Crippen LogP contribution in [0.4, 0.5) is 0 Å². The van der Waals surface area contributed by atoms with Gasteiger partial charge in [0.05, 0.1) is 13.2 Å². The molecule has 0 saturated heterocycles. The monoisotopic (exact) mass is 211 g/mol. The minimum Gasteiger partial charge on any atom is -0.376 e. The van der Waals surface area contributed by atoms with Crippen molar-refractivity contribution in [2.24, 2.45) is 5.92 Å². The maximum atomic E-state index is 5.44. The Kier molecular flexibility index (Phi) is 6.69. The molecule has 0 amide bonds. The number of rotatable bonds is 6. The van der Waals surface area contributed by atoms with Crippen molar-refractivity contribution in [1.82, 2.24) is 5.32 Å². The molecule has 0 spiro atoms. The minimum absolute atomic E-state index is 0.742. The molecule has 0 aliphatic heterocycles. The number of hydrogen-bond acceptors (Lipinski definition) is 2. The minimum atomic E-state index is 0.742. The molecular formula is C13H25NO. The molecule has 0 aromatic carbocycles. The fraction of sp³-hybridized carbons (Fsp3) is 0.846. The van der Waals surface area contributed by atoms with Crippen molar-refractivity contribution >= 4 is 0 Å². The predicted molar refractivity (Wildman–Crippen MR) is 65.1 cm³/mol. The van der Waals surface area contributed by atoms with Gasteiger partial charge in [0.25, 0.3) is 0 Å². The lowest BCUT2D eigenvalue weighted by Gasteiger charge is -2.26. The smallest absolute Gasteiger partial charge is 0.0647 e. The molecule has 1 rings (SSSR count). The van der Waals surface area contributed by atoms with E-state index in [4.69, 9.17) is 4.74 Å². The summed E-state index contributed by atoms with van der Waals surface area (Å²) in [5, 5.41) is 3.57. The fourth-order valence-corrected chi connectivity index (χ4v) is 2.05. The molecule has 0 bridgehead atoms. The largest absolute Gasteiger partial charge is 0.376 e. The van der Waals surface area contributed by atoms with E-state index in [1.165, 1.54) is 25.7 Å². The van der Waals surface area contributed by atoms with Gasteiger partial charge in [0.2, 0.25) is 0 Å². The number of allylic oxidation sites excluding steroid dienone is 1. The van der Waals surface area contributed by atoms with Gasteiger partial charge >= 0.3 is 0 Å². The predicted octanol–water partition coefficient (Wildman–Crippen LogP) is 2.75. The Labute approximate surface area is 94.1 Å². The highest BCUT2D eigenvalue weighted by molar-refractivity contribution is 4.77. The van der Waals surface area contributed by atoms with Gasteiger partial charge in [-0.15, -0.1) is 0 Å². The van der Waals surface area contributed by atoms with Crippen molar-refractivity contribution in [3.05, 3.63) is 12.2 Å². The van der Waals surface area contributed by atoms with Gasteiger partial charge in [-0.1, -0.05) is 19.1 Å². The van der Waals surface area contributed by atoms with E-state index >= 15 is 0 Å². The zero-order valence-electron chi connectivity index (χ0n) is 10.2. The van der Waals surface area contributed by atoms with Gasteiger partial charge in [-0.05, 0) is 38.5 Å². The third kappa shape index (κ3) is 5.95. The van der Waals surface area contributed by atoms with Gasteiger partial charge < -0.3 is 10.1 Å². The van der Waals surface area contributed by atoms with Crippen LogP contribution in [0.5, 0.6) is 0 Å². The second-order valence-corrected chi connectivity index (χ2v) is 4.55. The highest BCUT2D eigenvalue weighted by atomic mass is 16.5. The molecule has 0 aromatic heterocycles. The van der Waals surface area contributed by atoms with Crippen LogP contribution < -0.4 is 5.32 Å². The molecule has 88 valence electrons. The SMILES string of the molecule is CC=CCOCCNC1CCC(C)CC1. The van der Waals surface area contributed by atoms with Gasteiger partial charge in [-0.2, -0.15) is 0 Å². The molecule has 0 unspecified atom stereocenters. The van der Waals surface area contributed by atoms with Crippen molar-refractivity contribution < 1.29 is 4.74 Å². The molecule has 15 heavy (non-hydrogen) atoms. The van der Waals surface area contributed by atoms with Crippen molar-refractivity contribution in [2.75, 3.05) is 19.8 Å². The van der Waals surface area contributed by atoms with Gasteiger partial charge in [-0.25, -0.2) is 0 Å². The van der Waals surface area contributed by atoms with E-state index in [9.17, 15) is 0 Å². The van der Waals surface area contributed by atoms with Crippen LogP contribution >= 0.6 is 0 Å². The molecule has 1 fully saturated rings. The Balaban J connectivity index is 1.91. The summed E-state index contributed by atoms with van der Waals surface area (Å²) in [6, 6.07) is 0.742. The summed E-state index contributed by atoms with van der Waals surface area (Å²) in [4.78, 5) is 0. The summed E-state index contributed by atoms with van der Waals surface area (Å²) in [6.07, 6.45) is 9.53. The second kappa shape index (κ2) is 7.89. The topological polar surface area (TPSA) is 21.3 Å². The van der Waals surface area contributed by atoms with Crippen molar-refractivity contribution in [1.29, 1.82) is 0 Å². The summed E-state index contributed by atoms with van der Waals surface area (Å²) < 4.78 is 5.44. The van der Waals surface area contributed by atoms with Crippen molar-refractivity contribution in [3.8, 4) is 0 Å². The lowest BCUT2D eigenvalue weighted by molar-refractivity contribution is 0.157. The third-order valence-electron chi connectivity index (χ3n) is 3.15. The van der Waals surface area contributed by atoms with Gasteiger partial charge in [-0.3, -0.25) is 0 Å². The van der Waals surface area contributed by atoms with Crippen LogP contribution in [0.1, 0.15) is 39.5 Å². The highest BCUT2D eigenvalue weighted by Crippen LogP contribution is 2.23. The maximum absolute atomic E-state index is 5.44. The van der Waals surface area contributed by atoms with Crippen LogP contribution in [-0.4, -0.2) is 25.8 Å². The van der Waals surface area contributed by atoms with Crippen LogP contribution in [0.25, 0.3) is 0 Å². The van der Waals surface area contributed by atoms with Crippen LogP contribution in [0.3, 0.4) is 0 Å². The summed E-state index contributed by atoms with van der Waals surface area (Å²) in [5.74, 6) is 0.939. The molecule has 1 aliphatic rings. The van der Waals surface area contributed by atoms with E-state index in [2.05, 4.69) is 12.2 Å². The van der Waals surface area contributed by atoms with Gasteiger partial charge in [0.1, 0.15) is 0 Å². The average Bonchev–Trinajstić information content (AvgIpc) is 2.26. The Bertz CT molecular complexity index is 171. The lowest BCUT2D eigenvalue weighted by atomic mass is 9.87. The lowest BCUT2D eigenvalue weighted by Crippen LogP contribution is -2.34. The van der Waals surface area contributed by atoms with E-state index in [1.807, 2.05) is 19.1 Å². The van der Waals surface area contributed by atoms with Crippen molar-refractivity contribution in [2.45, 2.75) is 45.6 Å². The Morgan fingerprint density at radius 1 is 1.27 bits per heavy atom. The molecule has 0 atom stereocenters. The highest BCUT2D eigenvalue weighted by Gasteiger charge is 2.16. The summed E-state index contributed by atoms with van der Waals surface area (Å²) in [5.41, 5.74) is 0. The average molecular weight is 211 g/mol. The van der Waals surface area contributed by atoms with Crippen LogP contribution in [-0.2, 0) is 4.74 Å². The first-order chi connectivity index (χ1) is 7.33. The number of nitrogens with one attached hydrogen (secondary N) is 1. The van der Waals surface area contributed by atoms with Gasteiger partial charge in [0, 0.05) is 12.6 Å². The van der Waals surface area contributed by atoms with E-state index in [0.717, 1.165) is 31.7 Å². The molecule has 2 heteroatoms. The normalized spacial score (nSPS) is 27.3. The molecule has 1 saturated carbocycles. The summed E-state index contributed by atoms with van der Waals surface area (Å²) in [7, 11) is 0. The quantitative estimate of drug-likeness (QED) is 0.539. The Morgan fingerprint density at radius 2 is 2.00 bits per heavy atom. The zero-order chi connectivity index (χ0) is 10.9. The molecular weight excluding hydrogens is 186 g/mol. The van der Waals surface area contributed by atoms with E-state index < -0.39 is 0 Å². The van der Waals surface area contributed by atoms with E-state index in [0.29, 0.717) is 0 Å². The van der Waals surface area contributed by atoms with Crippen LogP contribution in [0.15, 0.2) is 12.2 Å². The number of ether oxygens (including phenoxy) is 1. The van der Waals surface area contributed by atoms with E-state index in [1.54, 1.807) is 0 Å². The van der Waals surface area contributed by atoms with Gasteiger partial charge in [0.15, 0.2) is 0 Å². The van der Waals surface area contributed by atoms with Crippen LogP contribution in [0.2, 0.25) is 0 Å². The third-order valence-corrected chi connectivity index (χ3v) is 3.15. The fourth-order valence-electron chi connectivity index (χ4n) is 2.05. The Hall–Kier alpha value is -0.340. The first kappa shape index (κ1) is 12.7. The molecule has 1 aliphatic carbocycles. The number of hydrogen-bond donors (Lipinski definition) is 1. The second-order valence-electron chi connectivity index (χ2n) is 4.55. The first-order valence-electron chi connectivity index (χ1n) is 6.25. The first-order valence-corrected chi connectivity index (χ1v) is 6.25. The zero-order valence-corrected chi connectivity index (χ0v) is 10.2.